The van der Waals surface area contributed by atoms with Gasteiger partial charge in [0.1, 0.15) is 18.4 Å². The number of halogens is 4. The Morgan fingerprint density at radius 2 is 1.82 bits per heavy atom. The second kappa shape index (κ2) is 7.49. The van der Waals surface area contributed by atoms with Crippen molar-refractivity contribution < 1.29 is 31.9 Å². The van der Waals surface area contributed by atoms with Gasteiger partial charge in [0, 0.05) is 7.05 Å². The van der Waals surface area contributed by atoms with Crippen LogP contribution in [-0.4, -0.2) is 30.5 Å². The number of carbonyl (C=O) groups is 2. The number of amides is 2. The number of hydrogen-bond donors (Lipinski definition) is 1. The average molecular weight is 396 g/mol. The van der Waals surface area contributed by atoms with Crippen LogP contribution in [0.5, 0.6) is 0 Å². The zero-order valence-electron chi connectivity index (χ0n) is 14.7. The van der Waals surface area contributed by atoms with Gasteiger partial charge in [-0.05, 0) is 35.4 Å². The number of cyclic esters (lactones) is 1. The van der Waals surface area contributed by atoms with Crippen molar-refractivity contribution in [1.82, 2.24) is 10.2 Å². The van der Waals surface area contributed by atoms with Crippen LogP contribution in [0.4, 0.5) is 22.4 Å². The number of likely N-dealkylation sites (N-methyl/N-ethyl adjacent to an activating group) is 1. The molecule has 2 amide bonds. The predicted molar refractivity (Wildman–Crippen MR) is 90.6 cm³/mol. The molecule has 28 heavy (non-hydrogen) atoms. The molecule has 2 aromatic carbocycles. The first kappa shape index (κ1) is 19.7. The quantitative estimate of drug-likeness (QED) is 0.800. The molecule has 0 spiro atoms. The second-order valence-electron chi connectivity index (χ2n) is 6.23. The van der Waals surface area contributed by atoms with Gasteiger partial charge < -0.3 is 10.1 Å². The van der Waals surface area contributed by atoms with E-state index in [0.29, 0.717) is 5.56 Å². The maximum absolute atomic E-state index is 13.3. The topological polar surface area (TPSA) is 58.6 Å². The van der Waals surface area contributed by atoms with E-state index in [2.05, 4.69) is 5.32 Å². The van der Waals surface area contributed by atoms with E-state index in [0.717, 1.165) is 17.0 Å². The molecule has 148 valence electrons. The van der Waals surface area contributed by atoms with E-state index in [9.17, 15) is 27.2 Å². The third-order valence-electron chi connectivity index (χ3n) is 4.43. The highest BCUT2D eigenvalue weighted by atomic mass is 19.4. The standard InChI is InChI=1S/C19H16F4N2O3/c1-24-15(26)10-25-16(11-5-7-14(20)8-6-11)17(28-18(25)27)12-3-2-4-13(9-12)19(21,22)23/h2-9,16-17H,10H2,1H3,(H,24,26)/t16-,17+/m1/s1. The van der Waals surface area contributed by atoms with Crippen molar-refractivity contribution in [2.45, 2.75) is 18.3 Å². The molecule has 1 saturated heterocycles. The van der Waals surface area contributed by atoms with Crippen LogP contribution in [0.15, 0.2) is 48.5 Å². The van der Waals surface area contributed by atoms with Crippen LogP contribution >= 0.6 is 0 Å². The summed E-state index contributed by atoms with van der Waals surface area (Å²) in [5.41, 5.74) is -0.334. The molecule has 0 aliphatic carbocycles. The van der Waals surface area contributed by atoms with Crippen molar-refractivity contribution in [2.75, 3.05) is 13.6 Å². The van der Waals surface area contributed by atoms with Gasteiger partial charge in [0.2, 0.25) is 5.91 Å². The van der Waals surface area contributed by atoms with Gasteiger partial charge >= 0.3 is 12.3 Å². The molecule has 5 nitrogen and oxygen atoms in total. The van der Waals surface area contributed by atoms with Crippen molar-refractivity contribution in [3.8, 4) is 0 Å². The third-order valence-corrected chi connectivity index (χ3v) is 4.43. The summed E-state index contributed by atoms with van der Waals surface area (Å²) in [5, 5.41) is 2.38. The fraction of sp³-hybridized carbons (Fsp3) is 0.263. The van der Waals surface area contributed by atoms with Crippen LogP contribution in [-0.2, 0) is 15.7 Å². The lowest BCUT2D eigenvalue weighted by Gasteiger charge is -2.25. The molecule has 1 aliphatic heterocycles. The fourth-order valence-electron chi connectivity index (χ4n) is 3.07. The maximum atomic E-state index is 13.3. The van der Waals surface area contributed by atoms with Crippen LogP contribution in [0.3, 0.4) is 0 Å². The van der Waals surface area contributed by atoms with E-state index in [1.54, 1.807) is 0 Å². The van der Waals surface area contributed by atoms with E-state index >= 15 is 0 Å². The lowest BCUT2D eigenvalue weighted by molar-refractivity contribution is -0.137. The van der Waals surface area contributed by atoms with E-state index in [1.807, 2.05) is 0 Å². The summed E-state index contributed by atoms with van der Waals surface area (Å²) in [4.78, 5) is 25.3. The SMILES string of the molecule is CNC(=O)CN1C(=O)O[C@@H](c2cccc(C(F)(F)F)c2)[C@H]1c1ccc(F)cc1. The Bertz CT molecular complexity index is 883. The Hall–Kier alpha value is -3.10. The Kier molecular flexibility index (Phi) is 5.26. The molecule has 0 radical (unpaired) electrons. The Morgan fingerprint density at radius 3 is 2.43 bits per heavy atom. The van der Waals surface area contributed by atoms with Crippen molar-refractivity contribution in [3.05, 3.63) is 71.0 Å². The van der Waals surface area contributed by atoms with Crippen molar-refractivity contribution >= 4 is 12.0 Å². The van der Waals surface area contributed by atoms with Gasteiger partial charge in [0.05, 0.1) is 5.56 Å². The van der Waals surface area contributed by atoms with E-state index < -0.39 is 41.7 Å². The Labute approximate surface area is 157 Å². The molecular formula is C19H16F4N2O3. The van der Waals surface area contributed by atoms with Crippen molar-refractivity contribution in [2.24, 2.45) is 0 Å². The van der Waals surface area contributed by atoms with E-state index in [1.165, 1.54) is 43.4 Å². The van der Waals surface area contributed by atoms with E-state index in [4.69, 9.17) is 4.74 Å². The monoisotopic (exact) mass is 396 g/mol. The molecule has 1 N–H and O–H groups in total. The minimum atomic E-state index is -4.56. The molecule has 2 atom stereocenters. The van der Waals surface area contributed by atoms with Gasteiger partial charge in [0.25, 0.3) is 0 Å². The van der Waals surface area contributed by atoms with Crippen LogP contribution in [0.1, 0.15) is 28.8 Å². The van der Waals surface area contributed by atoms with Gasteiger partial charge in [-0.15, -0.1) is 0 Å². The molecule has 1 fully saturated rings. The molecule has 1 aliphatic rings. The molecule has 0 aromatic heterocycles. The summed E-state index contributed by atoms with van der Waals surface area (Å²) in [6.07, 6.45) is -6.50. The van der Waals surface area contributed by atoms with Crippen LogP contribution in [0.25, 0.3) is 0 Å². The number of hydrogen-bond acceptors (Lipinski definition) is 3. The minimum Gasteiger partial charge on any atom is -0.439 e. The summed E-state index contributed by atoms with van der Waals surface area (Å²) >= 11 is 0. The highest BCUT2D eigenvalue weighted by Crippen LogP contribution is 2.44. The van der Waals surface area contributed by atoms with Crippen LogP contribution in [0.2, 0.25) is 0 Å². The number of carbonyl (C=O) groups excluding carboxylic acids is 2. The number of rotatable bonds is 4. The number of benzene rings is 2. The molecule has 2 aromatic rings. The lowest BCUT2D eigenvalue weighted by atomic mass is 9.94. The first-order chi connectivity index (χ1) is 13.2. The number of nitrogens with zero attached hydrogens (tertiary/aromatic N) is 1. The van der Waals surface area contributed by atoms with Gasteiger partial charge in [-0.2, -0.15) is 13.2 Å². The van der Waals surface area contributed by atoms with Crippen LogP contribution in [0, 0.1) is 5.82 Å². The summed E-state index contributed by atoms with van der Waals surface area (Å²) in [6.45, 7) is -0.354. The fourth-order valence-corrected chi connectivity index (χ4v) is 3.07. The zero-order chi connectivity index (χ0) is 20.5. The first-order valence-electron chi connectivity index (χ1n) is 8.31. The summed E-state index contributed by atoms with van der Waals surface area (Å²) in [7, 11) is 1.39. The molecule has 3 rings (SSSR count). The van der Waals surface area contributed by atoms with Crippen molar-refractivity contribution in [3.63, 3.8) is 0 Å². The number of nitrogens with one attached hydrogen (secondary N) is 1. The summed E-state index contributed by atoms with van der Waals surface area (Å²) < 4.78 is 57.9. The smallest absolute Gasteiger partial charge is 0.416 e. The van der Waals surface area contributed by atoms with Gasteiger partial charge in [-0.25, -0.2) is 9.18 Å². The zero-order valence-corrected chi connectivity index (χ0v) is 14.7. The second-order valence-corrected chi connectivity index (χ2v) is 6.23. The first-order valence-corrected chi connectivity index (χ1v) is 8.31. The third kappa shape index (κ3) is 3.92. The largest absolute Gasteiger partial charge is 0.439 e. The highest BCUT2D eigenvalue weighted by Gasteiger charge is 2.45. The Morgan fingerprint density at radius 1 is 1.14 bits per heavy atom. The van der Waals surface area contributed by atoms with Crippen LogP contribution < -0.4 is 5.32 Å². The number of alkyl halides is 3. The summed E-state index contributed by atoms with van der Waals surface area (Å²) in [5.74, 6) is -0.990. The maximum Gasteiger partial charge on any atom is 0.416 e. The molecule has 9 heteroatoms. The minimum absolute atomic E-state index is 0.122. The average Bonchev–Trinajstić information content (AvgIpc) is 2.98. The molecule has 0 saturated carbocycles. The van der Waals surface area contributed by atoms with Crippen molar-refractivity contribution in [1.29, 1.82) is 0 Å². The predicted octanol–water partition coefficient (Wildman–Crippen LogP) is 3.83. The summed E-state index contributed by atoms with van der Waals surface area (Å²) in [6, 6.07) is 8.68. The highest BCUT2D eigenvalue weighted by molar-refractivity contribution is 5.83. The normalized spacial score (nSPS) is 19.5. The molecule has 1 heterocycles. The Balaban J connectivity index is 2.05. The van der Waals surface area contributed by atoms with Gasteiger partial charge in [-0.3, -0.25) is 9.69 Å². The molecular weight excluding hydrogens is 380 g/mol. The van der Waals surface area contributed by atoms with Gasteiger partial charge in [-0.1, -0.05) is 24.3 Å². The van der Waals surface area contributed by atoms with E-state index in [-0.39, 0.29) is 12.1 Å². The lowest BCUT2D eigenvalue weighted by Crippen LogP contribution is -2.37. The molecule has 0 unspecified atom stereocenters. The van der Waals surface area contributed by atoms with Gasteiger partial charge in [0.15, 0.2) is 6.10 Å². The number of ether oxygens (including phenoxy) is 1. The molecule has 0 bridgehead atoms.